The van der Waals surface area contributed by atoms with Crippen LogP contribution in [-0.4, -0.2) is 36.5 Å². The zero-order valence-electron chi connectivity index (χ0n) is 12.4. The number of carbonyl (C=O) groups excluding carboxylic acids is 1. The Bertz CT molecular complexity index is 459. The normalized spacial score (nSPS) is 19.6. The average Bonchev–Trinajstić information content (AvgIpc) is 2.88. The van der Waals surface area contributed by atoms with Gasteiger partial charge in [0.25, 0.3) is 0 Å². The summed E-state index contributed by atoms with van der Waals surface area (Å²) in [4.78, 5) is 13.7. The first kappa shape index (κ1) is 15.0. The molecule has 1 atom stereocenters. The molecule has 0 bridgehead atoms. The Hall–Kier alpha value is -1.39. The Morgan fingerprint density at radius 3 is 2.95 bits per heavy atom. The molecular formula is C16H25N3O. The van der Waals surface area contributed by atoms with E-state index in [2.05, 4.69) is 24.1 Å². The number of hydrogen-bond donors (Lipinski definition) is 2. The molecule has 4 heteroatoms. The number of nitrogens with zero attached hydrogens (tertiary/aromatic N) is 1. The molecule has 1 aliphatic heterocycles. The highest BCUT2D eigenvalue weighted by atomic mass is 16.1. The van der Waals surface area contributed by atoms with E-state index in [-0.39, 0.29) is 5.91 Å². The lowest BCUT2D eigenvalue weighted by atomic mass is 10.1. The van der Waals surface area contributed by atoms with Crippen molar-refractivity contribution >= 4 is 5.91 Å². The van der Waals surface area contributed by atoms with E-state index in [1.165, 1.54) is 19.5 Å². The first-order chi connectivity index (χ1) is 9.56. The first-order valence-electron chi connectivity index (χ1n) is 7.39. The van der Waals surface area contributed by atoms with Gasteiger partial charge < -0.3 is 16.0 Å². The van der Waals surface area contributed by atoms with E-state index >= 15 is 0 Å². The van der Waals surface area contributed by atoms with E-state index in [4.69, 9.17) is 5.73 Å². The molecule has 1 fully saturated rings. The molecule has 0 saturated carbocycles. The van der Waals surface area contributed by atoms with Gasteiger partial charge in [0.2, 0.25) is 5.91 Å². The van der Waals surface area contributed by atoms with E-state index in [1.807, 2.05) is 18.2 Å². The van der Waals surface area contributed by atoms with Gasteiger partial charge in [-0.2, -0.15) is 0 Å². The van der Waals surface area contributed by atoms with Crippen molar-refractivity contribution in [2.24, 2.45) is 11.7 Å². The fourth-order valence-electron chi connectivity index (χ4n) is 2.75. The lowest BCUT2D eigenvalue weighted by Crippen LogP contribution is -2.30. The summed E-state index contributed by atoms with van der Waals surface area (Å²) in [6.07, 6.45) is 1.27. The molecule has 0 aromatic heterocycles. The van der Waals surface area contributed by atoms with E-state index in [0.29, 0.717) is 11.6 Å². The maximum atomic E-state index is 11.1. The third-order valence-electron chi connectivity index (χ3n) is 4.02. The highest BCUT2D eigenvalue weighted by Gasteiger charge is 2.23. The summed E-state index contributed by atoms with van der Waals surface area (Å²) in [5.74, 6) is 0.368. The standard InChI is InChI=1S/C16H25N3O/c1-12(2)19-7-6-14(11-19)10-18-9-13-4-3-5-15(8-13)16(17)20/h3-5,8,12,14,18H,6-7,9-11H2,1-2H3,(H2,17,20). The van der Waals surface area contributed by atoms with Crippen LogP contribution < -0.4 is 11.1 Å². The summed E-state index contributed by atoms with van der Waals surface area (Å²) < 4.78 is 0. The Kier molecular flexibility index (Phi) is 5.15. The SMILES string of the molecule is CC(C)N1CCC(CNCc2cccc(C(N)=O)c2)C1. The van der Waals surface area contributed by atoms with Crippen LogP contribution in [0.15, 0.2) is 24.3 Å². The third-order valence-corrected chi connectivity index (χ3v) is 4.02. The van der Waals surface area contributed by atoms with Crippen LogP contribution in [0.1, 0.15) is 36.2 Å². The van der Waals surface area contributed by atoms with Gasteiger partial charge in [-0.25, -0.2) is 0 Å². The van der Waals surface area contributed by atoms with Crippen molar-refractivity contribution in [3.63, 3.8) is 0 Å². The molecule has 1 aromatic carbocycles. The minimum atomic E-state index is -0.366. The predicted molar refractivity (Wildman–Crippen MR) is 81.5 cm³/mol. The van der Waals surface area contributed by atoms with Gasteiger partial charge in [-0.15, -0.1) is 0 Å². The third kappa shape index (κ3) is 4.05. The first-order valence-corrected chi connectivity index (χ1v) is 7.39. The van der Waals surface area contributed by atoms with E-state index < -0.39 is 0 Å². The molecule has 1 saturated heterocycles. The Morgan fingerprint density at radius 1 is 1.50 bits per heavy atom. The molecule has 1 unspecified atom stereocenters. The van der Waals surface area contributed by atoms with Gasteiger partial charge in [-0.05, 0) is 57.0 Å². The second-order valence-corrected chi connectivity index (χ2v) is 5.94. The number of primary amides is 1. The molecule has 20 heavy (non-hydrogen) atoms. The molecular weight excluding hydrogens is 250 g/mol. The number of likely N-dealkylation sites (tertiary alicyclic amines) is 1. The van der Waals surface area contributed by atoms with E-state index in [9.17, 15) is 4.79 Å². The lowest BCUT2D eigenvalue weighted by Gasteiger charge is -2.20. The van der Waals surface area contributed by atoms with Crippen LogP contribution in [0, 0.1) is 5.92 Å². The summed E-state index contributed by atoms with van der Waals surface area (Å²) >= 11 is 0. The molecule has 110 valence electrons. The van der Waals surface area contributed by atoms with Gasteiger partial charge in [-0.3, -0.25) is 4.79 Å². The van der Waals surface area contributed by atoms with Gasteiger partial charge in [0.1, 0.15) is 0 Å². The molecule has 0 spiro atoms. The van der Waals surface area contributed by atoms with Gasteiger partial charge in [-0.1, -0.05) is 12.1 Å². The van der Waals surface area contributed by atoms with Crippen molar-refractivity contribution < 1.29 is 4.79 Å². The van der Waals surface area contributed by atoms with Crippen molar-refractivity contribution in [2.45, 2.75) is 32.9 Å². The number of amides is 1. The summed E-state index contributed by atoms with van der Waals surface area (Å²) in [7, 11) is 0. The zero-order chi connectivity index (χ0) is 14.5. The number of nitrogens with one attached hydrogen (secondary N) is 1. The predicted octanol–water partition coefficient (Wildman–Crippen LogP) is 1.61. The average molecular weight is 275 g/mol. The fourth-order valence-corrected chi connectivity index (χ4v) is 2.75. The van der Waals surface area contributed by atoms with Crippen LogP contribution in [-0.2, 0) is 6.54 Å². The molecule has 0 aliphatic carbocycles. The number of nitrogens with two attached hydrogens (primary N) is 1. The van der Waals surface area contributed by atoms with Crippen LogP contribution in [0.25, 0.3) is 0 Å². The smallest absolute Gasteiger partial charge is 0.248 e. The van der Waals surface area contributed by atoms with Crippen LogP contribution >= 0.6 is 0 Å². The Morgan fingerprint density at radius 2 is 2.30 bits per heavy atom. The maximum Gasteiger partial charge on any atom is 0.248 e. The monoisotopic (exact) mass is 275 g/mol. The molecule has 1 aliphatic rings. The van der Waals surface area contributed by atoms with E-state index in [0.717, 1.165) is 24.6 Å². The number of benzene rings is 1. The maximum absolute atomic E-state index is 11.1. The van der Waals surface area contributed by atoms with Crippen LogP contribution in [0.3, 0.4) is 0 Å². The molecule has 4 nitrogen and oxygen atoms in total. The lowest BCUT2D eigenvalue weighted by molar-refractivity contribution is 0.1000. The Labute approximate surface area is 121 Å². The van der Waals surface area contributed by atoms with Crippen molar-refractivity contribution in [1.29, 1.82) is 0 Å². The fraction of sp³-hybridized carbons (Fsp3) is 0.562. The molecule has 1 heterocycles. The minimum Gasteiger partial charge on any atom is -0.366 e. The number of rotatable bonds is 6. The van der Waals surface area contributed by atoms with Crippen molar-refractivity contribution in [1.82, 2.24) is 10.2 Å². The van der Waals surface area contributed by atoms with E-state index in [1.54, 1.807) is 6.07 Å². The highest BCUT2D eigenvalue weighted by molar-refractivity contribution is 5.92. The summed E-state index contributed by atoms with van der Waals surface area (Å²) in [5, 5.41) is 3.49. The van der Waals surface area contributed by atoms with Gasteiger partial charge in [0.15, 0.2) is 0 Å². The van der Waals surface area contributed by atoms with Crippen LogP contribution in [0.4, 0.5) is 0 Å². The summed E-state index contributed by atoms with van der Waals surface area (Å²) in [6.45, 7) is 8.73. The quantitative estimate of drug-likeness (QED) is 0.829. The van der Waals surface area contributed by atoms with Crippen LogP contribution in [0.2, 0.25) is 0 Å². The topological polar surface area (TPSA) is 58.4 Å². The van der Waals surface area contributed by atoms with Gasteiger partial charge >= 0.3 is 0 Å². The molecule has 0 radical (unpaired) electrons. The van der Waals surface area contributed by atoms with Crippen molar-refractivity contribution in [3.8, 4) is 0 Å². The van der Waals surface area contributed by atoms with Gasteiger partial charge in [0.05, 0.1) is 0 Å². The second kappa shape index (κ2) is 6.86. The molecule has 1 amide bonds. The minimum absolute atomic E-state index is 0.366. The Balaban J connectivity index is 1.76. The van der Waals surface area contributed by atoms with Crippen molar-refractivity contribution in [2.75, 3.05) is 19.6 Å². The van der Waals surface area contributed by atoms with Gasteiger partial charge in [0, 0.05) is 24.7 Å². The van der Waals surface area contributed by atoms with Crippen LogP contribution in [0.5, 0.6) is 0 Å². The molecule has 1 aromatic rings. The largest absolute Gasteiger partial charge is 0.366 e. The summed E-state index contributed by atoms with van der Waals surface area (Å²) in [6, 6.07) is 8.17. The molecule has 3 N–H and O–H groups in total. The highest BCUT2D eigenvalue weighted by Crippen LogP contribution is 2.17. The van der Waals surface area contributed by atoms with Crippen molar-refractivity contribution in [3.05, 3.63) is 35.4 Å². The zero-order valence-corrected chi connectivity index (χ0v) is 12.4. The number of hydrogen-bond acceptors (Lipinski definition) is 3. The number of carbonyl (C=O) groups is 1. The second-order valence-electron chi connectivity index (χ2n) is 5.94. The molecule has 2 rings (SSSR count). The summed E-state index contributed by atoms with van der Waals surface area (Å²) in [5.41, 5.74) is 6.98.